The number of pyridine rings is 1. The summed E-state index contributed by atoms with van der Waals surface area (Å²) in [6.45, 7) is 3.25. The first kappa shape index (κ1) is 9.43. The molecule has 0 bridgehead atoms. The molecule has 0 aromatic carbocycles. The van der Waals surface area contributed by atoms with Gasteiger partial charge in [0.25, 0.3) is 0 Å². The Morgan fingerprint density at radius 1 is 1.64 bits per heavy atom. The Labute approximate surface area is 83.0 Å². The van der Waals surface area contributed by atoms with Gasteiger partial charge in [0.1, 0.15) is 6.10 Å². The molecular formula is C10H14N2O2. The lowest BCUT2D eigenvalue weighted by atomic mass is 10.1. The Kier molecular flexibility index (Phi) is 2.65. The minimum Gasteiger partial charge on any atom is -0.469 e. The van der Waals surface area contributed by atoms with E-state index >= 15 is 0 Å². The fourth-order valence-electron chi connectivity index (χ4n) is 1.23. The summed E-state index contributed by atoms with van der Waals surface area (Å²) >= 11 is 0. The van der Waals surface area contributed by atoms with Crippen LogP contribution in [0.5, 0.6) is 5.88 Å². The lowest BCUT2D eigenvalue weighted by Gasteiger charge is -2.26. The first-order valence-corrected chi connectivity index (χ1v) is 4.71. The summed E-state index contributed by atoms with van der Waals surface area (Å²) in [7, 11) is 0. The van der Waals surface area contributed by atoms with E-state index < -0.39 is 0 Å². The van der Waals surface area contributed by atoms with Gasteiger partial charge in [0.2, 0.25) is 5.88 Å². The second-order valence-corrected chi connectivity index (χ2v) is 3.49. The summed E-state index contributed by atoms with van der Waals surface area (Å²) in [4.78, 5) is 4.11. The highest BCUT2D eigenvalue weighted by atomic mass is 16.6. The van der Waals surface area contributed by atoms with Gasteiger partial charge in [-0.3, -0.25) is 0 Å². The molecule has 4 nitrogen and oxygen atoms in total. The number of nitrogens with zero attached hydrogens (tertiary/aromatic N) is 1. The van der Waals surface area contributed by atoms with Crippen LogP contribution in [0, 0.1) is 0 Å². The first-order chi connectivity index (χ1) is 6.75. The van der Waals surface area contributed by atoms with Crippen molar-refractivity contribution in [2.75, 3.05) is 13.2 Å². The van der Waals surface area contributed by atoms with Crippen molar-refractivity contribution < 1.29 is 9.47 Å². The lowest BCUT2D eigenvalue weighted by Crippen LogP contribution is -2.38. The number of aromatic nitrogens is 1. The predicted molar refractivity (Wildman–Crippen MR) is 52.1 cm³/mol. The third kappa shape index (κ3) is 2.02. The minimum atomic E-state index is 0.0120. The Bertz CT molecular complexity index is 311. The van der Waals surface area contributed by atoms with E-state index in [0.29, 0.717) is 19.1 Å². The Morgan fingerprint density at radius 3 is 3.00 bits per heavy atom. The summed E-state index contributed by atoms with van der Waals surface area (Å²) in [5.41, 5.74) is 6.79. The van der Waals surface area contributed by atoms with Gasteiger partial charge in [-0.05, 0) is 18.6 Å². The molecule has 1 saturated heterocycles. The van der Waals surface area contributed by atoms with Crippen molar-refractivity contribution in [3.8, 4) is 5.88 Å². The first-order valence-electron chi connectivity index (χ1n) is 4.71. The SMILES string of the molecule is C[C@H](N)c1ccnc(OC2COC2)c1. The molecule has 2 N–H and O–H groups in total. The average molecular weight is 194 g/mol. The van der Waals surface area contributed by atoms with E-state index in [2.05, 4.69) is 4.98 Å². The molecular weight excluding hydrogens is 180 g/mol. The van der Waals surface area contributed by atoms with Crippen LogP contribution in [0.2, 0.25) is 0 Å². The predicted octanol–water partition coefficient (Wildman–Crippen LogP) is 0.879. The molecule has 0 spiro atoms. The van der Waals surface area contributed by atoms with Crippen molar-refractivity contribution >= 4 is 0 Å². The fraction of sp³-hybridized carbons (Fsp3) is 0.500. The van der Waals surface area contributed by atoms with Crippen LogP contribution in [0.15, 0.2) is 18.3 Å². The van der Waals surface area contributed by atoms with E-state index in [1.807, 2.05) is 19.1 Å². The maximum absolute atomic E-state index is 5.75. The van der Waals surface area contributed by atoms with Crippen LogP contribution in [0.25, 0.3) is 0 Å². The molecule has 1 fully saturated rings. The van der Waals surface area contributed by atoms with Gasteiger partial charge in [-0.2, -0.15) is 0 Å². The summed E-state index contributed by atoms with van der Waals surface area (Å²) in [5.74, 6) is 0.633. The van der Waals surface area contributed by atoms with E-state index in [4.69, 9.17) is 15.2 Å². The minimum absolute atomic E-state index is 0.0120. The molecule has 1 aromatic rings. The second kappa shape index (κ2) is 3.94. The molecule has 76 valence electrons. The highest BCUT2D eigenvalue weighted by Gasteiger charge is 2.20. The van der Waals surface area contributed by atoms with Crippen LogP contribution in [0.3, 0.4) is 0 Å². The maximum atomic E-state index is 5.75. The Hall–Kier alpha value is -1.13. The molecule has 0 amide bonds. The van der Waals surface area contributed by atoms with Gasteiger partial charge < -0.3 is 15.2 Å². The Balaban J connectivity index is 2.05. The molecule has 0 saturated carbocycles. The van der Waals surface area contributed by atoms with Crippen LogP contribution in [0.4, 0.5) is 0 Å². The van der Waals surface area contributed by atoms with Crippen molar-refractivity contribution in [2.45, 2.75) is 19.1 Å². The molecule has 0 unspecified atom stereocenters. The van der Waals surface area contributed by atoms with Crippen LogP contribution in [-0.2, 0) is 4.74 Å². The summed E-state index contributed by atoms with van der Waals surface area (Å²) < 4.78 is 10.6. The van der Waals surface area contributed by atoms with Gasteiger partial charge >= 0.3 is 0 Å². The van der Waals surface area contributed by atoms with Gasteiger partial charge in [0.15, 0.2) is 0 Å². The Morgan fingerprint density at radius 2 is 2.43 bits per heavy atom. The molecule has 1 aliphatic rings. The quantitative estimate of drug-likeness (QED) is 0.776. The number of hydrogen-bond donors (Lipinski definition) is 1. The molecule has 0 radical (unpaired) electrons. The standard InChI is InChI=1S/C10H14N2O2/c1-7(11)8-2-3-12-10(4-8)14-9-5-13-6-9/h2-4,7,9H,5-6,11H2,1H3/t7-/m0/s1. The molecule has 1 aromatic heterocycles. The largest absolute Gasteiger partial charge is 0.469 e. The van der Waals surface area contributed by atoms with Crippen LogP contribution in [-0.4, -0.2) is 24.3 Å². The normalized spacial score (nSPS) is 18.7. The van der Waals surface area contributed by atoms with Gasteiger partial charge in [-0.1, -0.05) is 0 Å². The molecule has 4 heteroatoms. The third-order valence-corrected chi connectivity index (χ3v) is 2.18. The highest BCUT2D eigenvalue weighted by Crippen LogP contribution is 2.17. The van der Waals surface area contributed by atoms with E-state index in [0.717, 1.165) is 5.56 Å². The number of rotatable bonds is 3. The van der Waals surface area contributed by atoms with E-state index in [-0.39, 0.29) is 12.1 Å². The van der Waals surface area contributed by atoms with Crippen LogP contribution in [0.1, 0.15) is 18.5 Å². The number of ether oxygens (including phenoxy) is 2. The van der Waals surface area contributed by atoms with Gasteiger partial charge in [-0.15, -0.1) is 0 Å². The molecule has 1 atom stereocenters. The van der Waals surface area contributed by atoms with Crippen molar-refractivity contribution in [2.24, 2.45) is 5.73 Å². The molecule has 14 heavy (non-hydrogen) atoms. The maximum Gasteiger partial charge on any atom is 0.213 e. The summed E-state index contributed by atoms with van der Waals surface area (Å²) in [5, 5.41) is 0. The van der Waals surface area contributed by atoms with Crippen molar-refractivity contribution in [3.63, 3.8) is 0 Å². The van der Waals surface area contributed by atoms with Gasteiger partial charge in [-0.25, -0.2) is 4.98 Å². The zero-order chi connectivity index (χ0) is 9.97. The van der Waals surface area contributed by atoms with Crippen LogP contribution >= 0.6 is 0 Å². The topological polar surface area (TPSA) is 57.4 Å². The van der Waals surface area contributed by atoms with E-state index in [1.165, 1.54) is 0 Å². The zero-order valence-electron chi connectivity index (χ0n) is 8.14. The molecule has 0 aliphatic carbocycles. The fourth-order valence-corrected chi connectivity index (χ4v) is 1.23. The van der Waals surface area contributed by atoms with E-state index in [1.54, 1.807) is 6.20 Å². The smallest absolute Gasteiger partial charge is 0.213 e. The lowest BCUT2D eigenvalue weighted by molar-refractivity contribution is -0.0813. The third-order valence-electron chi connectivity index (χ3n) is 2.18. The highest BCUT2D eigenvalue weighted by molar-refractivity contribution is 5.23. The zero-order valence-corrected chi connectivity index (χ0v) is 8.14. The summed E-state index contributed by atoms with van der Waals surface area (Å²) in [6, 6.07) is 3.79. The van der Waals surface area contributed by atoms with Crippen LogP contribution < -0.4 is 10.5 Å². The molecule has 2 rings (SSSR count). The van der Waals surface area contributed by atoms with Crippen molar-refractivity contribution in [1.29, 1.82) is 0 Å². The average Bonchev–Trinajstić information content (AvgIpc) is 2.12. The molecule has 1 aliphatic heterocycles. The van der Waals surface area contributed by atoms with E-state index in [9.17, 15) is 0 Å². The summed E-state index contributed by atoms with van der Waals surface area (Å²) in [6.07, 6.45) is 1.87. The number of hydrogen-bond acceptors (Lipinski definition) is 4. The second-order valence-electron chi connectivity index (χ2n) is 3.49. The van der Waals surface area contributed by atoms with Gasteiger partial charge in [0, 0.05) is 18.3 Å². The van der Waals surface area contributed by atoms with Crippen molar-refractivity contribution in [1.82, 2.24) is 4.98 Å². The molecule has 2 heterocycles. The van der Waals surface area contributed by atoms with Gasteiger partial charge in [0.05, 0.1) is 13.2 Å². The number of nitrogens with two attached hydrogens (primary N) is 1. The monoisotopic (exact) mass is 194 g/mol. The van der Waals surface area contributed by atoms with Crippen molar-refractivity contribution in [3.05, 3.63) is 23.9 Å².